The summed E-state index contributed by atoms with van der Waals surface area (Å²) in [6.45, 7) is 7.48. The van der Waals surface area contributed by atoms with Crippen molar-refractivity contribution in [2.24, 2.45) is 11.8 Å². The Hall–Kier alpha value is -2.83. The van der Waals surface area contributed by atoms with Crippen molar-refractivity contribution in [2.75, 3.05) is 0 Å². The summed E-state index contributed by atoms with van der Waals surface area (Å²) in [5, 5.41) is 30.1. The smallest absolute Gasteiger partial charge is 0.257 e. The number of nitrogens with one attached hydrogen (secondary N) is 1. The van der Waals surface area contributed by atoms with E-state index in [-0.39, 0.29) is 28.7 Å². The van der Waals surface area contributed by atoms with Gasteiger partial charge in [0.1, 0.15) is 17.6 Å². The summed E-state index contributed by atoms with van der Waals surface area (Å²) in [6, 6.07) is 6.57. The van der Waals surface area contributed by atoms with Crippen LogP contribution in [0.3, 0.4) is 0 Å². The Morgan fingerprint density at radius 2 is 1.90 bits per heavy atom. The van der Waals surface area contributed by atoms with Gasteiger partial charge in [-0.15, -0.1) is 0 Å². The van der Waals surface area contributed by atoms with Gasteiger partial charge < -0.3 is 25.0 Å². The number of aromatic nitrogens is 1. The van der Waals surface area contributed by atoms with E-state index >= 15 is 0 Å². The van der Waals surface area contributed by atoms with Gasteiger partial charge >= 0.3 is 0 Å². The summed E-state index contributed by atoms with van der Waals surface area (Å²) < 4.78 is 6.21. The van der Waals surface area contributed by atoms with Crippen molar-refractivity contribution in [3.05, 3.63) is 70.2 Å². The molecule has 6 nitrogen and oxygen atoms in total. The molecule has 6 heteroatoms. The fourth-order valence-corrected chi connectivity index (χ4v) is 3.54. The Morgan fingerprint density at radius 3 is 2.53 bits per heavy atom. The van der Waals surface area contributed by atoms with Crippen molar-refractivity contribution in [1.82, 2.24) is 4.98 Å². The largest absolute Gasteiger partial charge is 0.508 e. The van der Waals surface area contributed by atoms with Crippen LogP contribution in [0.25, 0.3) is 11.1 Å². The lowest BCUT2D eigenvalue weighted by Gasteiger charge is -2.34. The molecule has 1 aliphatic heterocycles. The summed E-state index contributed by atoms with van der Waals surface area (Å²) in [5.41, 5.74) is 2.21. The summed E-state index contributed by atoms with van der Waals surface area (Å²) in [7, 11) is 0. The molecule has 1 aromatic heterocycles. The van der Waals surface area contributed by atoms with Gasteiger partial charge in [-0.25, -0.2) is 0 Å². The van der Waals surface area contributed by atoms with Crippen LogP contribution in [0.2, 0.25) is 0 Å². The first kappa shape index (κ1) is 21.9. The second-order valence-corrected chi connectivity index (χ2v) is 8.08. The van der Waals surface area contributed by atoms with Gasteiger partial charge in [-0.3, -0.25) is 4.79 Å². The number of rotatable bonds is 5. The number of hydrogen-bond donors (Lipinski definition) is 4. The molecule has 1 aromatic carbocycles. The molecule has 160 valence electrons. The summed E-state index contributed by atoms with van der Waals surface area (Å²) in [4.78, 5) is 15.1. The SMILES string of the molecule is CC(/C=C/[C@@H]1Oc2c(-c3ccc(O)cc3)c[nH]c(=O)c2[C@@H](O)[C@H]1C)=C\[C@H](C)[C@@H](C)O. The first-order chi connectivity index (χ1) is 14.2. The van der Waals surface area contributed by atoms with Crippen LogP contribution in [0, 0.1) is 11.8 Å². The molecule has 0 amide bonds. The van der Waals surface area contributed by atoms with Gasteiger partial charge in [0.2, 0.25) is 0 Å². The van der Waals surface area contributed by atoms with Crippen LogP contribution >= 0.6 is 0 Å². The van der Waals surface area contributed by atoms with Gasteiger partial charge in [-0.2, -0.15) is 0 Å². The maximum absolute atomic E-state index is 12.4. The van der Waals surface area contributed by atoms with Crippen LogP contribution in [0.4, 0.5) is 0 Å². The zero-order valence-electron chi connectivity index (χ0n) is 17.7. The molecule has 30 heavy (non-hydrogen) atoms. The molecular formula is C24H29NO5. The number of fused-ring (bicyclic) bond motifs is 1. The average molecular weight is 411 g/mol. The van der Waals surface area contributed by atoms with E-state index in [1.807, 2.05) is 39.0 Å². The molecule has 0 unspecified atom stereocenters. The van der Waals surface area contributed by atoms with Crippen LogP contribution in [0.5, 0.6) is 11.5 Å². The van der Waals surface area contributed by atoms with E-state index < -0.39 is 18.3 Å². The van der Waals surface area contributed by atoms with Crippen LogP contribution < -0.4 is 10.3 Å². The minimum Gasteiger partial charge on any atom is -0.508 e. The van der Waals surface area contributed by atoms with E-state index in [9.17, 15) is 20.1 Å². The predicted molar refractivity (Wildman–Crippen MR) is 116 cm³/mol. The Morgan fingerprint density at radius 1 is 1.23 bits per heavy atom. The van der Waals surface area contributed by atoms with E-state index in [2.05, 4.69) is 4.98 Å². The van der Waals surface area contributed by atoms with Crippen molar-refractivity contribution < 1.29 is 20.1 Å². The van der Waals surface area contributed by atoms with Gasteiger partial charge in [-0.05, 0) is 37.6 Å². The molecule has 0 fully saturated rings. The molecule has 0 saturated carbocycles. The second-order valence-electron chi connectivity index (χ2n) is 8.08. The Labute approximate surface area is 176 Å². The highest BCUT2D eigenvalue weighted by Crippen LogP contribution is 2.42. The van der Waals surface area contributed by atoms with E-state index in [1.54, 1.807) is 37.4 Å². The van der Waals surface area contributed by atoms with Gasteiger partial charge in [0.15, 0.2) is 0 Å². The van der Waals surface area contributed by atoms with Crippen molar-refractivity contribution >= 4 is 0 Å². The molecule has 1 aliphatic rings. The highest BCUT2D eigenvalue weighted by molar-refractivity contribution is 5.72. The fraction of sp³-hybridized carbons (Fsp3) is 0.375. The van der Waals surface area contributed by atoms with E-state index in [0.29, 0.717) is 11.3 Å². The van der Waals surface area contributed by atoms with E-state index in [0.717, 1.165) is 11.1 Å². The maximum atomic E-state index is 12.4. The highest BCUT2D eigenvalue weighted by atomic mass is 16.5. The van der Waals surface area contributed by atoms with Gasteiger partial charge in [-0.1, -0.05) is 43.7 Å². The number of H-pyrrole nitrogens is 1. The topological polar surface area (TPSA) is 103 Å². The maximum Gasteiger partial charge on any atom is 0.257 e. The standard InChI is InChI=1S/C24H29NO5/c1-13(11-14(2)16(4)26)5-10-20-15(3)22(28)21-23(30-20)19(12-25-24(21)29)17-6-8-18(27)9-7-17/h5-12,14-16,20,22,26-28H,1-4H3,(H,25,29)/b10-5+,13-11+/t14-,15-,16+,20-,22-/m0/s1. The number of hydrogen-bond acceptors (Lipinski definition) is 5. The van der Waals surface area contributed by atoms with Gasteiger partial charge in [0.05, 0.1) is 17.8 Å². The number of phenols is 1. The minimum atomic E-state index is -0.982. The quantitative estimate of drug-likeness (QED) is 0.562. The Bertz CT molecular complexity index is 1000. The van der Waals surface area contributed by atoms with Crippen molar-refractivity contribution in [2.45, 2.75) is 46.0 Å². The lowest BCUT2D eigenvalue weighted by molar-refractivity contribution is 0.0288. The third-order valence-corrected chi connectivity index (χ3v) is 5.66. The van der Waals surface area contributed by atoms with Crippen LogP contribution in [-0.2, 0) is 0 Å². The molecule has 0 bridgehead atoms. The molecule has 0 aliphatic carbocycles. The van der Waals surface area contributed by atoms with Crippen molar-refractivity contribution in [3.63, 3.8) is 0 Å². The number of aromatic amines is 1. The third-order valence-electron chi connectivity index (χ3n) is 5.66. The van der Waals surface area contributed by atoms with Gasteiger partial charge in [0, 0.05) is 23.6 Å². The highest BCUT2D eigenvalue weighted by Gasteiger charge is 2.36. The minimum absolute atomic E-state index is 0.0188. The molecule has 0 radical (unpaired) electrons. The molecule has 5 atom stereocenters. The summed E-state index contributed by atoms with van der Waals surface area (Å²) in [6.07, 6.45) is 5.47. The molecular weight excluding hydrogens is 382 g/mol. The summed E-state index contributed by atoms with van der Waals surface area (Å²) >= 11 is 0. The zero-order chi connectivity index (χ0) is 22.0. The average Bonchev–Trinajstić information content (AvgIpc) is 2.70. The number of benzene rings is 1. The third kappa shape index (κ3) is 4.50. The van der Waals surface area contributed by atoms with Crippen LogP contribution in [-0.4, -0.2) is 32.5 Å². The number of pyridine rings is 1. The number of aliphatic hydroxyl groups is 2. The monoisotopic (exact) mass is 411 g/mol. The van der Waals surface area contributed by atoms with E-state index in [4.69, 9.17) is 4.74 Å². The van der Waals surface area contributed by atoms with Crippen LogP contribution in [0.1, 0.15) is 39.4 Å². The summed E-state index contributed by atoms with van der Waals surface area (Å²) in [5.74, 6) is 0.182. The lowest BCUT2D eigenvalue weighted by atomic mass is 9.87. The number of aromatic hydroxyl groups is 1. The van der Waals surface area contributed by atoms with Gasteiger partial charge in [0.25, 0.3) is 5.56 Å². The number of ether oxygens (including phenoxy) is 1. The zero-order valence-corrected chi connectivity index (χ0v) is 17.7. The second kappa shape index (κ2) is 8.90. The molecule has 2 heterocycles. The first-order valence-corrected chi connectivity index (χ1v) is 10.1. The van der Waals surface area contributed by atoms with Crippen molar-refractivity contribution in [3.8, 4) is 22.6 Å². The number of phenolic OH excluding ortho intramolecular Hbond substituents is 1. The van der Waals surface area contributed by atoms with Crippen LogP contribution in [0.15, 0.2) is 59.1 Å². The van der Waals surface area contributed by atoms with Crippen molar-refractivity contribution in [1.29, 1.82) is 0 Å². The van der Waals surface area contributed by atoms with E-state index in [1.165, 1.54) is 0 Å². The normalized spacial score (nSPS) is 23.7. The lowest BCUT2D eigenvalue weighted by Crippen LogP contribution is -2.37. The first-order valence-electron chi connectivity index (χ1n) is 10.1. The fourth-order valence-electron chi connectivity index (χ4n) is 3.54. The molecule has 4 N–H and O–H groups in total. The predicted octanol–water partition coefficient (Wildman–Crippen LogP) is 3.70. The molecule has 3 rings (SSSR count). The Balaban J connectivity index is 1.98. The molecule has 0 spiro atoms. The number of allylic oxidation sites excluding steroid dienone is 2. The molecule has 2 aromatic rings. The Kier molecular flexibility index (Phi) is 6.48. The number of aliphatic hydroxyl groups excluding tert-OH is 2. The molecule has 0 saturated heterocycles.